The average molecular weight is 743 g/mol. The summed E-state index contributed by atoms with van der Waals surface area (Å²) in [6.07, 6.45) is 0. The molecule has 0 aliphatic carbocycles. The summed E-state index contributed by atoms with van der Waals surface area (Å²) in [5.74, 6) is 0. The van der Waals surface area contributed by atoms with Crippen LogP contribution >= 0.6 is 11.3 Å². The van der Waals surface area contributed by atoms with Crippen LogP contribution in [-0.2, 0) is 0 Å². The second-order valence-corrected chi connectivity index (χ2v) is 16.0. The third kappa shape index (κ3) is 5.10. The van der Waals surface area contributed by atoms with Gasteiger partial charge in [0.05, 0.1) is 22.1 Å². The smallest absolute Gasteiger partial charge is 0.0541 e. The molecule has 266 valence electrons. The van der Waals surface area contributed by atoms with Crippen LogP contribution < -0.4 is 0 Å². The predicted molar refractivity (Wildman–Crippen MR) is 244 cm³/mol. The number of aromatic nitrogens is 2. The summed E-state index contributed by atoms with van der Waals surface area (Å²) in [6, 6.07) is 75.6. The second-order valence-electron chi connectivity index (χ2n) is 14.9. The van der Waals surface area contributed by atoms with Crippen LogP contribution in [0.3, 0.4) is 0 Å². The molecule has 3 aromatic heterocycles. The number of fused-ring (bicyclic) bond motifs is 9. The van der Waals surface area contributed by atoms with Gasteiger partial charge in [-0.1, -0.05) is 133 Å². The van der Waals surface area contributed by atoms with Crippen LogP contribution in [0.1, 0.15) is 0 Å². The second kappa shape index (κ2) is 12.7. The first-order valence-electron chi connectivity index (χ1n) is 19.5. The van der Waals surface area contributed by atoms with E-state index in [1.165, 1.54) is 103 Å². The van der Waals surface area contributed by atoms with E-state index < -0.39 is 0 Å². The lowest BCUT2D eigenvalue weighted by Crippen LogP contribution is -1.93. The van der Waals surface area contributed by atoms with E-state index in [1.807, 2.05) is 11.3 Å². The molecule has 0 bridgehead atoms. The zero-order valence-corrected chi connectivity index (χ0v) is 31.7. The Labute approximate surface area is 333 Å². The van der Waals surface area contributed by atoms with Gasteiger partial charge in [-0.15, -0.1) is 11.3 Å². The van der Waals surface area contributed by atoms with Crippen molar-refractivity contribution in [2.45, 2.75) is 0 Å². The number of benzene rings is 9. The molecule has 57 heavy (non-hydrogen) atoms. The maximum Gasteiger partial charge on any atom is 0.0541 e. The lowest BCUT2D eigenvalue weighted by Gasteiger charge is -2.10. The van der Waals surface area contributed by atoms with Crippen LogP contribution in [0.15, 0.2) is 206 Å². The highest BCUT2D eigenvalue weighted by Crippen LogP contribution is 2.39. The fourth-order valence-corrected chi connectivity index (χ4v) is 10.1. The largest absolute Gasteiger partial charge is 0.309 e. The minimum Gasteiger partial charge on any atom is -0.309 e. The van der Waals surface area contributed by atoms with Gasteiger partial charge in [0.1, 0.15) is 0 Å². The van der Waals surface area contributed by atoms with Crippen LogP contribution in [-0.4, -0.2) is 9.13 Å². The molecule has 0 saturated carbocycles. The van der Waals surface area contributed by atoms with Gasteiger partial charge in [-0.3, -0.25) is 0 Å². The maximum absolute atomic E-state index is 2.40. The summed E-state index contributed by atoms with van der Waals surface area (Å²) in [6.45, 7) is 0. The lowest BCUT2D eigenvalue weighted by molar-refractivity contribution is 1.18. The molecule has 0 aliphatic heterocycles. The molecular weight excluding hydrogens is 709 g/mol. The molecule has 0 N–H and O–H groups in total. The molecule has 0 spiro atoms. The van der Waals surface area contributed by atoms with Crippen molar-refractivity contribution in [2.75, 3.05) is 0 Å². The number of nitrogens with zero attached hydrogens (tertiary/aromatic N) is 2. The average Bonchev–Trinajstić information content (AvgIpc) is 3.94. The zero-order chi connectivity index (χ0) is 37.5. The highest BCUT2D eigenvalue weighted by atomic mass is 32.1. The summed E-state index contributed by atoms with van der Waals surface area (Å²) in [4.78, 5) is 0. The Morgan fingerprint density at radius 1 is 0.246 bits per heavy atom. The first kappa shape index (κ1) is 32.1. The van der Waals surface area contributed by atoms with E-state index in [0.29, 0.717) is 0 Å². The van der Waals surface area contributed by atoms with Gasteiger partial charge in [0.2, 0.25) is 0 Å². The Balaban J connectivity index is 0.885. The van der Waals surface area contributed by atoms with E-state index >= 15 is 0 Å². The molecule has 3 heterocycles. The quantitative estimate of drug-likeness (QED) is 0.166. The Morgan fingerprint density at radius 2 is 0.649 bits per heavy atom. The van der Waals surface area contributed by atoms with E-state index in [1.54, 1.807) is 0 Å². The fraction of sp³-hybridized carbons (Fsp3) is 0. The molecule has 12 rings (SSSR count). The van der Waals surface area contributed by atoms with E-state index in [4.69, 9.17) is 0 Å². The van der Waals surface area contributed by atoms with Crippen LogP contribution in [0.25, 0.3) is 109 Å². The number of rotatable bonds is 5. The summed E-state index contributed by atoms with van der Waals surface area (Å²) in [5, 5.41) is 7.71. The van der Waals surface area contributed by atoms with Crippen LogP contribution in [0.5, 0.6) is 0 Å². The van der Waals surface area contributed by atoms with E-state index in [-0.39, 0.29) is 0 Å². The Bertz CT molecular complexity index is 3490. The van der Waals surface area contributed by atoms with Crippen molar-refractivity contribution in [3.05, 3.63) is 206 Å². The van der Waals surface area contributed by atoms with Crippen LogP contribution in [0.4, 0.5) is 0 Å². The van der Waals surface area contributed by atoms with Gasteiger partial charge >= 0.3 is 0 Å². The molecule has 0 saturated heterocycles. The van der Waals surface area contributed by atoms with E-state index in [9.17, 15) is 0 Å². The standard InChI is InChI=1S/C54H34N2S/c1-2-10-41(11-3-1)55-49-15-7-4-12-43(49)47-32-38(25-30-51(47)55)35-18-20-36(21-19-35)39-26-31-52-48(33-39)44-13-5-8-16-50(44)56(52)42-27-22-37(23-28-42)40-24-29-46-45-14-6-9-17-53(45)57-54(46)34-40/h1-34H. The lowest BCUT2D eigenvalue weighted by atomic mass is 9.98. The minimum absolute atomic E-state index is 1.16. The van der Waals surface area contributed by atoms with Crippen LogP contribution in [0, 0.1) is 0 Å². The molecule has 12 aromatic rings. The Morgan fingerprint density at radius 3 is 1.25 bits per heavy atom. The van der Waals surface area contributed by atoms with Crippen molar-refractivity contribution in [3.63, 3.8) is 0 Å². The van der Waals surface area contributed by atoms with E-state index in [0.717, 1.165) is 5.69 Å². The molecule has 0 radical (unpaired) electrons. The van der Waals surface area contributed by atoms with Gasteiger partial charge in [0, 0.05) is 53.1 Å². The van der Waals surface area contributed by atoms with Crippen molar-refractivity contribution in [2.24, 2.45) is 0 Å². The molecule has 2 nitrogen and oxygen atoms in total. The maximum atomic E-state index is 2.40. The van der Waals surface area contributed by atoms with Crippen LogP contribution in [0.2, 0.25) is 0 Å². The zero-order valence-electron chi connectivity index (χ0n) is 30.9. The molecule has 0 fully saturated rings. The fourth-order valence-electron chi connectivity index (χ4n) is 9.00. The highest BCUT2D eigenvalue weighted by Gasteiger charge is 2.16. The van der Waals surface area contributed by atoms with Crippen molar-refractivity contribution in [3.8, 4) is 44.8 Å². The molecule has 9 aromatic carbocycles. The first-order chi connectivity index (χ1) is 28.2. The van der Waals surface area contributed by atoms with Gasteiger partial charge < -0.3 is 9.13 Å². The third-order valence-corrected chi connectivity index (χ3v) is 12.9. The van der Waals surface area contributed by atoms with Crippen molar-refractivity contribution >= 4 is 75.1 Å². The third-order valence-electron chi connectivity index (χ3n) is 11.7. The molecule has 0 amide bonds. The predicted octanol–water partition coefficient (Wildman–Crippen LogP) is 15.2. The van der Waals surface area contributed by atoms with Crippen molar-refractivity contribution in [1.29, 1.82) is 0 Å². The Hall–Kier alpha value is -7.20. The molecule has 3 heteroatoms. The molecule has 0 unspecified atom stereocenters. The van der Waals surface area contributed by atoms with Crippen molar-refractivity contribution in [1.82, 2.24) is 9.13 Å². The normalized spacial score (nSPS) is 11.9. The number of hydrogen-bond acceptors (Lipinski definition) is 1. The Kier molecular flexibility index (Phi) is 7.13. The number of para-hydroxylation sites is 3. The monoisotopic (exact) mass is 742 g/mol. The molecular formula is C54H34N2S. The SMILES string of the molecule is c1ccc(-n2c3ccccc3c3cc(-c4ccc(-c5ccc6c(c5)c5ccccc5n6-c5ccc(-c6ccc7c(c6)sc6ccccc67)cc5)cc4)ccc32)cc1. The topological polar surface area (TPSA) is 9.86 Å². The highest BCUT2D eigenvalue weighted by molar-refractivity contribution is 7.25. The number of thiophene rings is 1. The summed E-state index contributed by atoms with van der Waals surface area (Å²) < 4.78 is 7.44. The summed E-state index contributed by atoms with van der Waals surface area (Å²) in [7, 11) is 0. The van der Waals surface area contributed by atoms with Gasteiger partial charge in [0.15, 0.2) is 0 Å². The first-order valence-corrected chi connectivity index (χ1v) is 20.3. The van der Waals surface area contributed by atoms with Crippen molar-refractivity contribution < 1.29 is 0 Å². The van der Waals surface area contributed by atoms with E-state index in [2.05, 4.69) is 215 Å². The molecule has 0 aliphatic rings. The molecule has 0 atom stereocenters. The minimum atomic E-state index is 1.16. The van der Waals surface area contributed by atoms with Gasteiger partial charge in [-0.2, -0.15) is 0 Å². The van der Waals surface area contributed by atoms with Gasteiger partial charge in [-0.25, -0.2) is 0 Å². The number of hydrogen-bond donors (Lipinski definition) is 0. The van der Waals surface area contributed by atoms with Gasteiger partial charge in [-0.05, 0) is 106 Å². The summed E-state index contributed by atoms with van der Waals surface area (Å²) >= 11 is 1.87. The van der Waals surface area contributed by atoms with Gasteiger partial charge in [0.25, 0.3) is 0 Å². The summed E-state index contributed by atoms with van der Waals surface area (Å²) in [5.41, 5.74) is 14.5.